The van der Waals surface area contributed by atoms with Gasteiger partial charge in [0.15, 0.2) is 0 Å². The lowest BCUT2D eigenvalue weighted by Gasteiger charge is -2.12. The van der Waals surface area contributed by atoms with Crippen molar-refractivity contribution in [3.63, 3.8) is 0 Å². The first-order chi connectivity index (χ1) is 20.3. The van der Waals surface area contributed by atoms with Crippen molar-refractivity contribution in [1.29, 1.82) is 0 Å². The topological polar surface area (TPSA) is 12.9 Å². The lowest BCUT2D eigenvalue weighted by atomic mass is 9.91. The molecule has 9 rings (SSSR count). The molecule has 2 heteroatoms. The maximum atomic E-state index is 4.95. The Kier molecular flexibility index (Phi) is 4.84. The smallest absolute Gasteiger partial charge is 0.125 e. The molecular formula is C39H23NS. The predicted molar refractivity (Wildman–Crippen MR) is 178 cm³/mol. The number of thiophene rings is 1. The summed E-state index contributed by atoms with van der Waals surface area (Å²) in [6.07, 6.45) is 0. The van der Waals surface area contributed by atoms with Gasteiger partial charge in [0.05, 0.1) is 5.52 Å². The van der Waals surface area contributed by atoms with Gasteiger partial charge in [-0.15, -0.1) is 11.3 Å². The number of hydrogen-bond acceptors (Lipinski definition) is 2. The molecule has 0 N–H and O–H groups in total. The van der Waals surface area contributed by atoms with Crippen molar-refractivity contribution in [3.05, 3.63) is 140 Å². The van der Waals surface area contributed by atoms with E-state index in [0.29, 0.717) is 0 Å². The highest BCUT2D eigenvalue weighted by molar-refractivity contribution is 7.25. The predicted octanol–water partition coefficient (Wildman–Crippen LogP) is 11.4. The summed E-state index contributed by atoms with van der Waals surface area (Å²) in [4.78, 5) is 6.05. The second kappa shape index (κ2) is 8.72. The summed E-state index contributed by atoms with van der Waals surface area (Å²) in [6.45, 7) is 0. The maximum Gasteiger partial charge on any atom is 0.125 e. The van der Waals surface area contributed by atoms with Gasteiger partial charge < -0.3 is 0 Å². The molecule has 0 spiro atoms. The number of hydrogen-bond donors (Lipinski definition) is 0. The van der Waals surface area contributed by atoms with E-state index in [1.54, 1.807) is 11.3 Å². The van der Waals surface area contributed by atoms with Crippen LogP contribution in [0.3, 0.4) is 0 Å². The first kappa shape index (κ1) is 22.7. The molecule has 1 nitrogen and oxygen atoms in total. The quantitative estimate of drug-likeness (QED) is 0.200. The summed E-state index contributed by atoms with van der Waals surface area (Å²) in [7, 11) is 0. The van der Waals surface area contributed by atoms with Gasteiger partial charge in [-0.25, -0.2) is 4.98 Å². The lowest BCUT2D eigenvalue weighted by molar-refractivity contribution is 1.54. The third-order valence-electron chi connectivity index (χ3n) is 8.44. The molecular weight excluding hydrogens is 515 g/mol. The zero-order valence-corrected chi connectivity index (χ0v) is 23.0. The Morgan fingerprint density at radius 3 is 1.66 bits per heavy atom. The van der Waals surface area contributed by atoms with Crippen molar-refractivity contribution in [3.8, 4) is 22.3 Å². The molecule has 190 valence electrons. The van der Waals surface area contributed by atoms with Crippen molar-refractivity contribution in [1.82, 2.24) is 4.98 Å². The van der Waals surface area contributed by atoms with E-state index >= 15 is 0 Å². The minimum atomic E-state index is 1.05. The number of pyridine rings is 1. The Hall–Kier alpha value is -5.05. The van der Waals surface area contributed by atoms with Gasteiger partial charge in [-0.05, 0) is 91.0 Å². The van der Waals surface area contributed by atoms with E-state index in [1.807, 2.05) is 0 Å². The minimum absolute atomic E-state index is 1.05. The molecule has 0 atom stereocenters. The van der Waals surface area contributed by atoms with Crippen molar-refractivity contribution in [2.45, 2.75) is 0 Å². The van der Waals surface area contributed by atoms with Crippen LogP contribution in [0.5, 0.6) is 0 Å². The first-order valence-electron chi connectivity index (χ1n) is 14.0. The van der Waals surface area contributed by atoms with Gasteiger partial charge in [-0.3, -0.25) is 0 Å². The van der Waals surface area contributed by atoms with Crippen LogP contribution in [0.2, 0.25) is 0 Å². The van der Waals surface area contributed by atoms with Crippen LogP contribution in [-0.4, -0.2) is 4.98 Å². The average Bonchev–Trinajstić information content (AvgIpc) is 3.40. The second-order valence-electron chi connectivity index (χ2n) is 10.8. The monoisotopic (exact) mass is 537 g/mol. The number of fused-ring (bicyclic) bond motifs is 10. The molecule has 0 unspecified atom stereocenters. The molecule has 41 heavy (non-hydrogen) atoms. The van der Waals surface area contributed by atoms with E-state index in [2.05, 4.69) is 140 Å². The highest BCUT2D eigenvalue weighted by Crippen LogP contribution is 2.39. The molecule has 0 saturated carbocycles. The largest absolute Gasteiger partial charge is 0.237 e. The van der Waals surface area contributed by atoms with E-state index < -0.39 is 0 Å². The SMILES string of the molecule is c1cc(-c2ccc3sc4nc5ccccc5cc4c3c2)cc(-c2ccc3c4ccccc4c4ccccc4c3c2)c1. The molecule has 0 amide bonds. The summed E-state index contributed by atoms with van der Waals surface area (Å²) in [5, 5.41) is 11.5. The Labute approximate surface area is 240 Å². The minimum Gasteiger partial charge on any atom is -0.237 e. The van der Waals surface area contributed by atoms with Gasteiger partial charge in [-0.2, -0.15) is 0 Å². The van der Waals surface area contributed by atoms with Crippen LogP contribution in [0.15, 0.2) is 140 Å². The molecule has 0 aliphatic carbocycles. The maximum absolute atomic E-state index is 4.95. The van der Waals surface area contributed by atoms with Crippen LogP contribution in [0.1, 0.15) is 0 Å². The normalized spacial score (nSPS) is 11.9. The van der Waals surface area contributed by atoms with E-state index in [0.717, 1.165) is 10.3 Å². The van der Waals surface area contributed by atoms with Gasteiger partial charge >= 0.3 is 0 Å². The molecule has 7 aromatic carbocycles. The molecule has 0 aliphatic heterocycles. The van der Waals surface area contributed by atoms with Crippen LogP contribution >= 0.6 is 11.3 Å². The average molecular weight is 538 g/mol. The summed E-state index contributed by atoms with van der Waals surface area (Å²) in [5.41, 5.74) is 5.96. The fraction of sp³-hybridized carbons (Fsp3) is 0. The summed E-state index contributed by atoms with van der Waals surface area (Å²) >= 11 is 1.77. The van der Waals surface area contributed by atoms with Crippen LogP contribution in [0.4, 0.5) is 0 Å². The number of benzene rings is 7. The molecule has 9 aromatic rings. The number of para-hydroxylation sites is 1. The standard InChI is InChI=1S/C39H23NS/c1-6-15-37-28(8-1)23-36-35-22-27(17-19-38(35)41-39(36)40-37)25-10-7-9-24(20-25)26-16-18-33-31-13-3-2-11-29(31)30-12-4-5-14-32(30)34(33)21-26/h1-23H. The van der Waals surface area contributed by atoms with Crippen molar-refractivity contribution in [2.24, 2.45) is 0 Å². The van der Waals surface area contributed by atoms with Gasteiger partial charge in [0.1, 0.15) is 4.83 Å². The third kappa shape index (κ3) is 3.51. The molecule has 0 saturated heterocycles. The van der Waals surface area contributed by atoms with E-state index in [1.165, 1.54) is 75.4 Å². The molecule has 0 fully saturated rings. The Bertz CT molecular complexity index is 2450. The number of aromatic nitrogens is 1. The van der Waals surface area contributed by atoms with E-state index in [9.17, 15) is 0 Å². The molecule has 0 bridgehead atoms. The fourth-order valence-corrected chi connectivity index (χ4v) is 7.49. The van der Waals surface area contributed by atoms with Gasteiger partial charge in [0.25, 0.3) is 0 Å². The van der Waals surface area contributed by atoms with Gasteiger partial charge in [-0.1, -0.05) is 103 Å². The van der Waals surface area contributed by atoms with Crippen molar-refractivity contribution >= 4 is 74.9 Å². The highest BCUT2D eigenvalue weighted by atomic mass is 32.1. The zero-order valence-electron chi connectivity index (χ0n) is 22.1. The molecule has 2 aromatic heterocycles. The highest BCUT2D eigenvalue weighted by Gasteiger charge is 2.12. The van der Waals surface area contributed by atoms with Gasteiger partial charge in [0.2, 0.25) is 0 Å². The lowest BCUT2D eigenvalue weighted by Crippen LogP contribution is -1.85. The summed E-state index contributed by atoms with van der Waals surface area (Å²) < 4.78 is 1.27. The Morgan fingerprint density at radius 1 is 0.366 bits per heavy atom. The van der Waals surface area contributed by atoms with Gasteiger partial charge in [0, 0.05) is 20.9 Å². The zero-order chi connectivity index (χ0) is 26.9. The molecule has 0 radical (unpaired) electrons. The summed E-state index contributed by atoms with van der Waals surface area (Å²) in [6, 6.07) is 50.9. The third-order valence-corrected chi connectivity index (χ3v) is 9.52. The van der Waals surface area contributed by atoms with E-state index in [4.69, 9.17) is 4.98 Å². The van der Waals surface area contributed by atoms with Crippen molar-refractivity contribution < 1.29 is 0 Å². The van der Waals surface area contributed by atoms with E-state index in [-0.39, 0.29) is 0 Å². The van der Waals surface area contributed by atoms with Crippen LogP contribution in [-0.2, 0) is 0 Å². The second-order valence-corrected chi connectivity index (χ2v) is 11.8. The fourth-order valence-electron chi connectivity index (χ4n) is 6.45. The van der Waals surface area contributed by atoms with Crippen LogP contribution in [0.25, 0.3) is 85.8 Å². The Balaban J connectivity index is 1.20. The van der Waals surface area contributed by atoms with Crippen LogP contribution < -0.4 is 0 Å². The first-order valence-corrected chi connectivity index (χ1v) is 14.8. The van der Waals surface area contributed by atoms with Crippen molar-refractivity contribution in [2.75, 3.05) is 0 Å². The molecule has 0 aliphatic rings. The number of rotatable bonds is 2. The Morgan fingerprint density at radius 2 is 0.927 bits per heavy atom. The summed E-state index contributed by atoms with van der Waals surface area (Å²) in [5.74, 6) is 0. The molecule has 2 heterocycles. The number of nitrogens with zero attached hydrogens (tertiary/aromatic N) is 1. The van der Waals surface area contributed by atoms with Crippen LogP contribution in [0, 0.1) is 0 Å².